The lowest BCUT2D eigenvalue weighted by Gasteiger charge is -2.60. The molecule has 0 bridgehead atoms. The Morgan fingerprint density at radius 3 is 2.46 bits per heavy atom. The minimum Gasteiger partial charge on any atom is -0.461 e. The standard InChI is InChI=1S/C31H50O6/c1-19(9-8-15-28(4,5)34)24-12-13-25-23-11-10-22-17-31(35,37-21(3)33)18-27(36-20(2)32)30(22,7)26(23)14-16-29(24,25)6/h10,19,23-27,34-35H,8-9,11-18H2,1-7H3/t19-,23+,24-,25+,26+,27?,29-,30+,31+/m1/s1. The molecule has 6 nitrogen and oxygen atoms in total. The van der Waals surface area contributed by atoms with Crippen LogP contribution in [0.2, 0.25) is 0 Å². The van der Waals surface area contributed by atoms with Crippen LogP contribution in [0, 0.1) is 40.4 Å². The fraction of sp³-hybridized carbons (Fsp3) is 0.871. The normalized spacial score (nSPS) is 42.1. The van der Waals surface area contributed by atoms with Crippen LogP contribution in [0.25, 0.3) is 0 Å². The molecular weight excluding hydrogens is 468 g/mol. The molecule has 4 aliphatic carbocycles. The number of esters is 2. The van der Waals surface area contributed by atoms with Crippen molar-refractivity contribution in [2.75, 3.05) is 0 Å². The maximum Gasteiger partial charge on any atom is 0.305 e. The van der Waals surface area contributed by atoms with E-state index in [0.717, 1.165) is 37.7 Å². The van der Waals surface area contributed by atoms with Crippen LogP contribution in [0.15, 0.2) is 11.6 Å². The van der Waals surface area contributed by atoms with Crippen LogP contribution in [-0.2, 0) is 19.1 Å². The molecule has 1 unspecified atom stereocenters. The Balaban J connectivity index is 1.57. The van der Waals surface area contributed by atoms with Crippen molar-refractivity contribution in [2.24, 2.45) is 40.4 Å². The average molecular weight is 519 g/mol. The highest BCUT2D eigenvalue weighted by molar-refractivity contribution is 5.67. The van der Waals surface area contributed by atoms with Gasteiger partial charge in [-0.15, -0.1) is 0 Å². The maximum absolute atomic E-state index is 12.2. The molecule has 0 spiro atoms. The van der Waals surface area contributed by atoms with Gasteiger partial charge in [0.05, 0.1) is 12.0 Å². The molecule has 3 saturated carbocycles. The van der Waals surface area contributed by atoms with Gasteiger partial charge >= 0.3 is 11.9 Å². The van der Waals surface area contributed by atoms with Crippen molar-refractivity contribution < 1.29 is 29.3 Å². The van der Waals surface area contributed by atoms with E-state index in [9.17, 15) is 19.8 Å². The second kappa shape index (κ2) is 9.97. The topological polar surface area (TPSA) is 93.1 Å². The van der Waals surface area contributed by atoms with Gasteiger partial charge in [-0.25, -0.2) is 0 Å². The number of fused-ring (bicyclic) bond motifs is 5. The van der Waals surface area contributed by atoms with Crippen molar-refractivity contribution in [1.29, 1.82) is 0 Å². The molecule has 37 heavy (non-hydrogen) atoms. The molecular formula is C31H50O6. The lowest BCUT2D eigenvalue weighted by Crippen LogP contribution is -2.59. The summed E-state index contributed by atoms with van der Waals surface area (Å²) in [5.41, 5.74) is 0.426. The van der Waals surface area contributed by atoms with Gasteiger partial charge in [0, 0.05) is 25.7 Å². The number of aliphatic hydroxyl groups is 2. The molecule has 4 rings (SSSR count). The molecule has 4 aliphatic rings. The first-order valence-corrected chi connectivity index (χ1v) is 14.6. The highest BCUT2D eigenvalue weighted by Crippen LogP contribution is 2.68. The first-order chi connectivity index (χ1) is 17.1. The minimum atomic E-state index is -1.63. The molecule has 210 valence electrons. The fourth-order valence-electron chi connectivity index (χ4n) is 9.42. The van der Waals surface area contributed by atoms with Crippen molar-refractivity contribution >= 4 is 11.9 Å². The first kappa shape index (κ1) is 28.6. The van der Waals surface area contributed by atoms with Crippen molar-refractivity contribution in [3.05, 3.63) is 11.6 Å². The van der Waals surface area contributed by atoms with E-state index < -0.39 is 23.5 Å². The van der Waals surface area contributed by atoms with Crippen molar-refractivity contribution in [3.63, 3.8) is 0 Å². The third-order valence-electron chi connectivity index (χ3n) is 11.0. The third-order valence-corrected chi connectivity index (χ3v) is 11.0. The zero-order chi connectivity index (χ0) is 27.4. The van der Waals surface area contributed by atoms with Gasteiger partial charge in [0.2, 0.25) is 5.79 Å². The Kier molecular flexibility index (Phi) is 7.71. The summed E-state index contributed by atoms with van der Waals surface area (Å²) in [6, 6.07) is 0. The zero-order valence-corrected chi connectivity index (χ0v) is 24.1. The number of rotatable bonds is 7. The van der Waals surface area contributed by atoms with Crippen LogP contribution in [-0.4, -0.2) is 39.6 Å². The largest absolute Gasteiger partial charge is 0.461 e. The third kappa shape index (κ3) is 5.39. The summed E-state index contributed by atoms with van der Waals surface area (Å²) in [5.74, 6) is 0.356. The highest BCUT2D eigenvalue weighted by atomic mass is 16.7. The van der Waals surface area contributed by atoms with E-state index in [-0.39, 0.29) is 24.2 Å². The zero-order valence-electron chi connectivity index (χ0n) is 24.1. The van der Waals surface area contributed by atoms with Crippen LogP contribution in [0.4, 0.5) is 0 Å². The molecule has 0 aromatic heterocycles. The summed E-state index contributed by atoms with van der Waals surface area (Å²) >= 11 is 0. The Morgan fingerprint density at radius 1 is 1.14 bits per heavy atom. The van der Waals surface area contributed by atoms with Gasteiger partial charge < -0.3 is 19.7 Å². The number of carbonyl (C=O) groups excluding carboxylic acids is 2. The molecule has 0 aromatic rings. The highest BCUT2D eigenvalue weighted by Gasteiger charge is 2.63. The summed E-state index contributed by atoms with van der Waals surface area (Å²) in [6.07, 6.45) is 11.0. The van der Waals surface area contributed by atoms with Crippen LogP contribution in [0.1, 0.15) is 113 Å². The van der Waals surface area contributed by atoms with Crippen LogP contribution in [0.5, 0.6) is 0 Å². The minimum absolute atomic E-state index is 0.117. The Labute approximate surface area is 223 Å². The lowest BCUT2D eigenvalue weighted by molar-refractivity contribution is -0.243. The molecule has 0 heterocycles. The SMILES string of the molecule is CC(=O)OC1C[C@@](O)(OC(C)=O)CC2=CC[C@H]3[C@@H]4CC[C@H]([C@H](C)CCCC(C)(C)O)[C@@]4(C)CC[C@@H]3[C@]21C. The lowest BCUT2D eigenvalue weighted by atomic mass is 9.46. The summed E-state index contributed by atoms with van der Waals surface area (Å²) < 4.78 is 11.3. The second-order valence-electron chi connectivity index (χ2n) is 14.1. The van der Waals surface area contributed by atoms with E-state index in [4.69, 9.17) is 9.47 Å². The summed E-state index contributed by atoms with van der Waals surface area (Å²) in [5, 5.41) is 21.3. The predicted molar refractivity (Wildman–Crippen MR) is 142 cm³/mol. The fourth-order valence-corrected chi connectivity index (χ4v) is 9.42. The molecule has 0 aromatic carbocycles. The van der Waals surface area contributed by atoms with Gasteiger partial charge in [-0.1, -0.05) is 45.3 Å². The Morgan fingerprint density at radius 2 is 1.84 bits per heavy atom. The average Bonchev–Trinajstić information content (AvgIpc) is 3.10. The quantitative estimate of drug-likeness (QED) is 0.246. The number of hydrogen-bond acceptors (Lipinski definition) is 6. The van der Waals surface area contributed by atoms with Gasteiger partial charge in [-0.05, 0) is 87.4 Å². The smallest absolute Gasteiger partial charge is 0.305 e. The molecule has 0 saturated heterocycles. The monoisotopic (exact) mass is 518 g/mol. The van der Waals surface area contributed by atoms with Crippen LogP contribution < -0.4 is 0 Å². The summed E-state index contributed by atoms with van der Waals surface area (Å²) in [7, 11) is 0. The molecule has 0 amide bonds. The first-order valence-electron chi connectivity index (χ1n) is 14.6. The van der Waals surface area contributed by atoms with Crippen molar-refractivity contribution in [1.82, 2.24) is 0 Å². The van der Waals surface area contributed by atoms with Gasteiger partial charge in [-0.2, -0.15) is 0 Å². The van der Waals surface area contributed by atoms with Gasteiger partial charge in [0.1, 0.15) is 6.10 Å². The molecule has 3 fully saturated rings. The van der Waals surface area contributed by atoms with E-state index in [1.54, 1.807) is 0 Å². The molecule has 6 heteroatoms. The number of allylic oxidation sites excluding steroid dienone is 1. The van der Waals surface area contributed by atoms with Gasteiger partial charge in [0.15, 0.2) is 0 Å². The van der Waals surface area contributed by atoms with Crippen molar-refractivity contribution in [2.45, 2.75) is 130 Å². The second-order valence-corrected chi connectivity index (χ2v) is 14.1. The molecule has 2 N–H and O–H groups in total. The van der Waals surface area contributed by atoms with E-state index in [1.807, 2.05) is 13.8 Å². The Bertz CT molecular complexity index is 919. The van der Waals surface area contributed by atoms with Crippen molar-refractivity contribution in [3.8, 4) is 0 Å². The molecule has 0 radical (unpaired) electrons. The molecule has 9 atom stereocenters. The van der Waals surface area contributed by atoms with Crippen LogP contribution in [0.3, 0.4) is 0 Å². The van der Waals surface area contributed by atoms with Gasteiger partial charge in [-0.3, -0.25) is 9.59 Å². The predicted octanol–water partition coefficient (Wildman–Crippen LogP) is 5.94. The molecule has 0 aliphatic heterocycles. The number of ether oxygens (including phenoxy) is 2. The van der Waals surface area contributed by atoms with E-state index in [1.165, 1.54) is 33.1 Å². The number of carbonyl (C=O) groups is 2. The van der Waals surface area contributed by atoms with E-state index in [2.05, 4.69) is 26.8 Å². The van der Waals surface area contributed by atoms with Crippen LogP contribution >= 0.6 is 0 Å². The summed E-state index contributed by atoms with van der Waals surface area (Å²) in [4.78, 5) is 23.9. The summed E-state index contributed by atoms with van der Waals surface area (Å²) in [6.45, 7) is 13.7. The Hall–Kier alpha value is -1.40. The number of hydrogen-bond donors (Lipinski definition) is 2. The van der Waals surface area contributed by atoms with E-state index in [0.29, 0.717) is 35.0 Å². The maximum atomic E-state index is 12.2. The van der Waals surface area contributed by atoms with Gasteiger partial charge in [0.25, 0.3) is 0 Å². The van der Waals surface area contributed by atoms with E-state index >= 15 is 0 Å².